The van der Waals surface area contributed by atoms with E-state index in [4.69, 9.17) is 0 Å². The predicted molar refractivity (Wildman–Crippen MR) is 116 cm³/mol. The van der Waals surface area contributed by atoms with E-state index >= 15 is 0 Å². The maximum Gasteiger partial charge on any atom is 0.272 e. The van der Waals surface area contributed by atoms with Gasteiger partial charge in [0, 0.05) is 43.5 Å². The summed E-state index contributed by atoms with van der Waals surface area (Å²) in [4.78, 5) is 23.3. The molecule has 10 heteroatoms. The number of nitrogens with zero attached hydrogens (tertiary/aromatic N) is 6. The highest BCUT2D eigenvalue weighted by molar-refractivity contribution is 5.93. The van der Waals surface area contributed by atoms with Crippen LogP contribution in [0, 0.1) is 0 Å². The summed E-state index contributed by atoms with van der Waals surface area (Å²) in [6.45, 7) is 3.78. The zero-order valence-electron chi connectivity index (χ0n) is 17.8. The van der Waals surface area contributed by atoms with Gasteiger partial charge in [0.2, 0.25) is 5.95 Å². The number of hydrogen-bond acceptors (Lipinski definition) is 5. The van der Waals surface area contributed by atoms with Gasteiger partial charge in [-0.25, -0.2) is 23.3 Å². The molecule has 1 atom stereocenters. The number of pyridine rings is 1. The van der Waals surface area contributed by atoms with E-state index < -0.39 is 12.0 Å². The van der Waals surface area contributed by atoms with Gasteiger partial charge in [-0.1, -0.05) is 0 Å². The highest BCUT2D eigenvalue weighted by Crippen LogP contribution is 2.27. The summed E-state index contributed by atoms with van der Waals surface area (Å²) >= 11 is 0. The molecule has 0 spiro atoms. The molecule has 0 bridgehead atoms. The number of amides is 1. The molecule has 0 radical (unpaired) electrons. The Morgan fingerprint density at radius 1 is 1.16 bits per heavy atom. The molecule has 0 saturated carbocycles. The molecule has 0 aliphatic carbocycles. The first-order chi connectivity index (χ1) is 15.3. The molecule has 1 aliphatic heterocycles. The first-order valence-electron chi connectivity index (χ1n) is 10.6. The van der Waals surface area contributed by atoms with Crippen molar-refractivity contribution in [3.05, 3.63) is 48.7 Å². The Morgan fingerprint density at radius 3 is 2.69 bits per heavy atom. The largest absolute Gasteiger partial charge is 0.344 e. The van der Waals surface area contributed by atoms with Gasteiger partial charge in [-0.15, -0.1) is 5.10 Å². The maximum atomic E-state index is 13.5. The second kappa shape index (κ2) is 7.54. The zero-order chi connectivity index (χ0) is 22.5. The lowest BCUT2D eigenvalue weighted by molar-refractivity contribution is 0.00673. The molecule has 1 aliphatic rings. The Hall–Kier alpha value is -3.56. The molecule has 4 aromatic heterocycles. The van der Waals surface area contributed by atoms with Crippen molar-refractivity contribution >= 4 is 23.0 Å². The summed E-state index contributed by atoms with van der Waals surface area (Å²) in [5, 5.41) is 6.95. The fourth-order valence-corrected chi connectivity index (χ4v) is 3.91. The van der Waals surface area contributed by atoms with Crippen molar-refractivity contribution in [3.63, 3.8) is 0 Å². The van der Waals surface area contributed by atoms with Gasteiger partial charge in [0.15, 0.2) is 0 Å². The minimum Gasteiger partial charge on any atom is -0.344 e. The Kier molecular flexibility index (Phi) is 4.79. The Balaban J connectivity index is 1.49. The van der Waals surface area contributed by atoms with Crippen LogP contribution in [-0.4, -0.2) is 59.8 Å². The molecular weight excluding hydrogens is 416 g/mol. The highest BCUT2D eigenvalue weighted by Gasteiger charge is 2.30. The van der Waals surface area contributed by atoms with Crippen LogP contribution < -0.4 is 5.32 Å². The number of aromatic nitrogens is 5. The maximum absolute atomic E-state index is 13.5. The smallest absolute Gasteiger partial charge is 0.272 e. The van der Waals surface area contributed by atoms with Crippen LogP contribution >= 0.6 is 0 Å². The predicted octanol–water partition coefficient (Wildman–Crippen LogP) is 3.74. The number of likely N-dealkylation sites (tertiary alicyclic amines) is 1. The Labute approximate surface area is 182 Å². The van der Waals surface area contributed by atoms with E-state index in [0.717, 1.165) is 49.5 Å². The summed E-state index contributed by atoms with van der Waals surface area (Å²) in [6.07, 6.45) is 8.89. The molecule has 4 aromatic rings. The van der Waals surface area contributed by atoms with Crippen molar-refractivity contribution < 1.29 is 13.6 Å². The van der Waals surface area contributed by atoms with Crippen molar-refractivity contribution in [3.8, 4) is 11.1 Å². The summed E-state index contributed by atoms with van der Waals surface area (Å²) in [5.74, 6) is -2.79. The van der Waals surface area contributed by atoms with Gasteiger partial charge in [-0.2, -0.15) is 0 Å². The number of nitrogens with one attached hydrogen (secondary N) is 1. The van der Waals surface area contributed by atoms with Gasteiger partial charge in [0.1, 0.15) is 11.3 Å². The second-order valence-electron chi connectivity index (χ2n) is 8.25. The number of anilines is 1. The Morgan fingerprint density at radius 2 is 1.94 bits per heavy atom. The minimum atomic E-state index is -2.90. The topological polar surface area (TPSA) is 79.8 Å². The van der Waals surface area contributed by atoms with Gasteiger partial charge in [0.25, 0.3) is 11.8 Å². The quantitative estimate of drug-likeness (QED) is 0.513. The fraction of sp³-hybridized carbons (Fsp3) is 0.364. The molecule has 1 N–H and O–H groups in total. The number of imidazole rings is 1. The molecule has 1 saturated heterocycles. The van der Waals surface area contributed by atoms with Gasteiger partial charge < -0.3 is 10.2 Å². The number of rotatable bonds is 5. The van der Waals surface area contributed by atoms with E-state index in [0.29, 0.717) is 11.3 Å². The van der Waals surface area contributed by atoms with Crippen LogP contribution in [0.25, 0.3) is 22.3 Å². The lowest BCUT2D eigenvalue weighted by Gasteiger charge is -2.20. The molecule has 0 aromatic carbocycles. The molecule has 166 valence electrons. The van der Waals surface area contributed by atoms with Crippen LogP contribution in [0.5, 0.6) is 0 Å². The fourth-order valence-electron chi connectivity index (χ4n) is 3.91. The first kappa shape index (κ1) is 20.3. The van der Waals surface area contributed by atoms with Gasteiger partial charge in [-0.3, -0.25) is 9.20 Å². The average molecular weight is 439 g/mol. The highest BCUT2D eigenvalue weighted by atomic mass is 19.3. The lowest BCUT2D eigenvalue weighted by Crippen LogP contribution is -2.35. The third kappa shape index (κ3) is 3.55. The van der Waals surface area contributed by atoms with Gasteiger partial charge >= 0.3 is 0 Å². The van der Waals surface area contributed by atoms with Gasteiger partial charge in [0.05, 0.1) is 24.0 Å². The van der Waals surface area contributed by atoms with E-state index in [2.05, 4.69) is 20.4 Å². The molecule has 1 fully saturated rings. The molecule has 0 unspecified atom stereocenters. The standard InChI is InChI=1S/C22H23F2N7O/c1-14(22(2,23)24)27-21-26-11-17-16(7-10-31(17)28-21)15-5-6-19-25-12-18(30(19)13-15)20(32)29-8-3-4-9-29/h5-7,10-14H,3-4,8-9H2,1-2H3,(H,27,28)/t14-/m1/s1. The molecule has 8 nitrogen and oxygen atoms in total. The first-order valence-corrected chi connectivity index (χ1v) is 10.6. The summed E-state index contributed by atoms with van der Waals surface area (Å²) < 4.78 is 30.3. The van der Waals surface area contributed by atoms with E-state index in [1.807, 2.05) is 29.3 Å². The second-order valence-corrected chi connectivity index (χ2v) is 8.25. The SMILES string of the molecule is C[C@@H](Nc1ncc2c(-c3ccc4ncc(C(=O)N5CCCC5)n4c3)ccn2n1)C(C)(F)F. The van der Waals surface area contributed by atoms with Crippen LogP contribution in [0.4, 0.5) is 14.7 Å². The number of carbonyl (C=O) groups is 1. The van der Waals surface area contributed by atoms with E-state index in [9.17, 15) is 13.6 Å². The van der Waals surface area contributed by atoms with Gasteiger partial charge in [-0.05, 0) is 38.0 Å². The number of carbonyl (C=O) groups excluding carboxylic acids is 1. The third-order valence-electron chi connectivity index (χ3n) is 5.95. The third-order valence-corrected chi connectivity index (χ3v) is 5.95. The Bertz CT molecular complexity index is 1300. The summed E-state index contributed by atoms with van der Waals surface area (Å²) in [5.41, 5.74) is 3.67. The molecule has 5 rings (SSSR count). The minimum absolute atomic E-state index is 0.0187. The monoisotopic (exact) mass is 439 g/mol. The van der Waals surface area contributed by atoms with Crippen molar-refractivity contribution in [2.24, 2.45) is 0 Å². The molecule has 1 amide bonds. The van der Waals surface area contributed by atoms with E-state index in [1.165, 1.54) is 6.92 Å². The lowest BCUT2D eigenvalue weighted by atomic mass is 10.1. The van der Waals surface area contributed by atoms with Crippen molar-refractivity contribution in [1.82, 2.24) is 28.9 Å². The average Bonchev–Trinajstić information content (AvgIpc) is 3.51. The number of hydrogen-bond donors (Lipinski definition) is 1. The normalized spacial score (nSPS) is 15.6. The van der Waals surface area contributed by atoms with Crippen molar-refractivity contribution in [2.45, 2.75) is 38.7 Å². The number of halogens is 2. The van der Waals surface area contributed by atoms with Crippen LogP contribution in [0.2, 0.25) is 0 Å². The van der Waals surface area contributed by atoms with Crippen molar-refractivity contribution in [2.75, 3.05) is 18.4 Å². The molecule has 32 heavy (non-hydrogen) atoms. The van der Waals surface area contributed by atoms with Crippen LogP contribution in [-0.2, 0) is 0 Å². The van der Waals surface area contributed by atoms with Crippen LogP contribution in [0.1, 0.15) is 37.2 Å². The number of fused-ring (bicyclic) bond motifs is 2. The molecule has 5 heterocycles. The van der Waals surface area contributed by atoms with Crippen LogP contribution in [0.3, 0.4) is 0 Å². The van der Waals surface area contributed by atoms with Crippen LogP contribution in [0.15, 0.2) is 43.0 Å². The zero-order valence-corrected chi connectivity index (χ0v) is 17.8. The van der Waals surface area contributed by atoms with E-state index in [-0.39, 0.29) is 11.9 Å². The number of alkyl halides is 2. The summed E-state index contributed by atoms with van der Waals surface area (Å²) in [6, 6.07) is 4.56. The molecular formula is C22H23F2N7O. The van der Waals surface area contributed by atoms with E-state index in [1.54, 1.807) is 27.5 Å². The van der Waals surface area contributed by atoms with Crippen molar-refractivity contribution in [1.29, 1.82) is 0 Å². The summed E-state index contributed by atoms with van der Waals surface area (Å²) in [7, 11) is 0.